The number of amides is 1. The fraction of sp³-hybridized carbons (Fsp3) is 0.174. The highest BCUT2D eigenvalue weighted by molar-refractivity contribution is 5.97. The Balaban J connectivity index is 1.67. The molecule has 2 heterocycles. The minimum Gasteiger partial charge on any atom is -0.334 e. The number of H-pyrrole nitrogens is 1. The highest BCUT2D eigenvalue weighted by Gasteiger charge is 2.34. The standard InChI is InChI=1S/C23H19F3N4O/c1-15-6-5-9-18(27-15)14-30(13-16-7-3-2-4-8-16)21(31)17-10-11-19-20(12-17)29-22(28-19)23(24,25)26/h2-12H,13-14H2,1H3,(H,28,29). The van der Waals surface area contributed by atoms with E-state index in [1.54, 1.807) is 4.90 Å². The maximum atomic E-state index is 13.3. The van der Waals surface area contributed by atoms with Gasteiger partial charge >= 0.3 is 6.18 Å². The lowest BCUT2D eigenvalue weighted by Gasteiger charge is -2.23. The largest absolute Gasteiger partial charge is 0.449 e. The maximum Gasteiger partial charge on any atom is 0.449 e. The SMILES string of the molecule is Cc1cccc(CN(Cc2ccccc2)C(=O)c2ccc3nc(C(F)(F)F)[nH]c3c2)n1. The van der Waals surface area contributed by atoms with Crippen molar-refractivity contribution in [3.05, 3.63) is 95.1 Å². The van der Waals surface area contributed by atoms with Gasteiger partial charge in [0.05, 0.1) is 23.3 Å². The summed E-state index contributed by atoms with van der Waals surface area (Å²) < 4.78 is 38.9. The Labute approximate surface area is 176 Å². The zero-order chi connectivity index (χ0) is 22.0. The molecule has 2 aromatic heterocycles. The highest BCUT2D eigenvalue weighted by atomic mass is 19.4. The second-order valence-corrected chi connectivity index (χ2v) is 7.23. The molecule has 2 aromatic carbocycles. The van der Waals surface area contributed by atoms with Crippen molar-refractivity contribution in [2.75, 3.05) is 0 Å². The molecule has 0 spiro atoms. The van der Waals surface area contributed by atoms with Gasteiger partial charge < -0.3 is 9.88 Å². The van der Waals surface area contributed by atoms with Crippen LogP contribution in [0.25, 0.3) is 11.0 Å². The molecule has 0 aliphatic carbocycles. The summed E-state index contributed by atoms with van der Waals surface area (Å²) in [6, 6.07) is 19.4. The van der Waals surface area contributed by atoms with Crippen LogP contribution in [0.4, 0.5) is 13.2 Å². The van der Waals surface area contributed by atoms with E-state index in [0.717, 1.165) is 17.0 Å². The summed E-state index contributed by atoms with van der Waals surface area (Å²) in [4.78, 5) is 25.2. The van der Waals surface area contributed by atoms with E-state index < -0.39 is 12.0 Å². The van der Waals surface area contributed by atoms with Gasteiger partial charge in [-0.15, -0.1) is 0 Å². The van der Waals surface area contributed by atoms with E-state index in [-0.39, 0.29) is 29.0 Å². The number of hydrogen-bond donors (Lipinski definition) is 1. The van der Waals surface area contributed by atoms with Crippen molar-refractivity contribution in [2.24, 2.45) is 0 Å². The van der Waals surface area contributed by atoms with Crippen LogP contribution in [0.3, 0.4) is 0 Å². The Morgan fingerprint density at radius 2 is 1.74 bits per heavy atom. The molecule has 0 fully saturated rings. The number of alkyl halides is 3. The lowest BCUT2D eigenvalue weighted by atomic mass is 10.1. The van der Waals surface area contributed by atoms with Gasteiger partial charge in [-0.1, -0.05) is 36.4 Å². The molecular weight excluding hydrogens is 405 g/mol. The Bertz CT molecular complexity index is 1220. The Morgan fingerprint density at radius 1 is 0.968 bits per heavy atom. The van der Waals surface area contributed by atoms with Crippen LogP contribution in [0.15, 0.2) is 66.7 Å². The molecular formula is C23H19F3N4O. The number of carbonyl (C=O) groups is 1. The number of nitrogens with one attached hydrogen (secondary N) is 1. The monoisotopic (exact) mass is 424 g/mol. The van der Waals surface area contributed by atoms with Gasteiger partial charge in [0.1, 0.15) is 0 Å². The number of benzene rings is 2. The van der Waals surface area contributed by atoms with Crippen molar-refractivity contribution in [1.82, 2.24) is 19.9 Å². The number of halogens is 3. The van der Waals surface area contributed by atoms with E-state index in [1.807, 2.05) is 55.5 Å². The number of aromatic amines is 1. The summed E-state index contributed by atoms with van der Waals surface area (Å²) in [5, 5.41) is 0. The molecule has 0 aliphatic rings. The molecule has 1 N–H and O–H groups in total. The van der Waals surface area contributed by atoms with Crippen molar-refractivity contribution in [3.63, 3.8) is 0 Å². The van der Waals surface area contributed by atoms with Crippen molar-refractivity contribution >= 4 is 16.9 Å². The third kappa shape index (κ3) is 4.74. The molecule has 0 radical (unpaired) electrons. The lowest BCUT2D eigenvalue weighted by Crippen LogP contribution is -2.30. The summed E-state index contributed by atoms with van der Waals surface area (Å²) in [6.45, 7) is 2.48. The number of nitrogens with zero attached hydrogens (tertiary/aromatic N) is 3. The van der Waals surface area contributed by atoms with Crippen molar-refractivity contribution in [1.29, 1.82) is 0 Å². The van der Waals surface area contributed by atoms with E-state index in [9.17, 15) is 18.0 Å². The minimum absolute atomic E-state index is 0.152. The smallest absolute Gasteiger partial charge is 0.334 e. The molecule has 0 saturated heterocycles. The molecule has 5 nitrogen and oxygen atoms in total. The summed E-state index contributed by atoms with van der Waals surface area (Å²) in [6.07, 6.45) is -4.58. The van der Waals surface area contributed by atoms with Crippen molar-refractivity contribution in [3.8, 4) is 0 Å². The molecule has 0 bridgehead atoms. The van der Waals surface area contributed by atoms with Gasteiger partial charge in [0.2, 0.25) is 5.82 Å². The first-order chi connectivity index (χ1) is 14.8. The molecule has 0 atom stereocenters. The van der Waals surface area contributed by atoms with Gasteiger partial charge in [-0.2, -0.15) is 13.2 Å². The normalized spacial score (nSPS) is 11.6. The van der Waals surface area contributed by atoms with Crippen LogP contribution in [-0.4, -0.2) is 25.8 Å². The first-order valence-electron chi connectivity index (χ1n) is 9.62. The van der Waals surface area contributed by atoms with Gasteiger partial charge in [-0.3, -0.25) is 9.78 Å². The van der Waals surface area contributed by atoms with Crippen LogP contribution < -0.4 is 0 Å². The lowest BCUT2D eigenvalue weighted by molar-refractivity contribution is -0.144. The minimum atomic E-state index is -4.58. The first kappa shape index (κ1) is 20.6. The molecule has 0 saturated carbocycles. The number of aryl methyl sites for hydroxylation is 1. The van der Waals surface area contributed by atoms with Gasteiger partial charge in [0, 0.05) is 17.8 Å². The first-order valence-corrected chi connectivity index (χ1v) is 9.62. The quantitative estimate of drug-likeness (QED) is 0.483. The van der Waals surface area contributed by atoms with Crippen LogP contribution in [0, 0.1) is 6.92 Å². The summed E-state index contributed by atoms with van der Waals surface area (Å²) in [7, 11) is 0. The number of carbonyl (C=O) groups excluding carboxylic acids is 1. The molecule has 158 valence electrons. The number of hydrogen-bond acceptors (Lipinski definition) is 3. The maximum absolute atomic E-state index is 13.3. The average molecular weight is 424 g/mol. The zero-order valence-corrected chi connectivity index (χ0v) is 16.6. The Kier molecular flexibility index (Phi) is 5.46. The number of fused-ring (bicyclic) bond motifs is 1. The molecule has 0 unspecified atom stereocenters. The summed E-state index contributed by atoms with van der Waals surface area (Å²) >= 11 is 0. The Morgan fingerprint density at radius 3 is 2.45 bits per heavy atom. The predicted octanol–water partition coefficient (Wildman–Crippen LogP) is 5.13. The zero-order valence-electron chi connectivity index (χ0n) is 16.6. The molecule has 8 heteroatoms. The van der Waals surface area contributed by atoms with E-state index >= 15 is 0 Å². The molecule has 1 amide bonds. The molecule has 0 aliphatic heterocycles. The van der Waals surface area contributed by atoms with Gasteiger partial charge in [-0.25, -0.2) is 4.98 Å². The van der Waals surface area contributed by atoms with E-state index in [2.05, 4.69) is 15.0 Å². The van der Waals surface area contributed by atoms with Crippen LogP contribution in [0.1, 0.15) is 33.1 Å². The van der Waals surface area contributed by atoms with Crippen LogP contribution in [0.2, 0.25) is 0 Å². The number of pyridine rings is 1. The Hall–Kier alpha value is -3.68. The van der Waals surface area contributed by atoms with Crippen LogP contribution in [-0.2, 0) is 19.3 Å². The van der Waals surface area contributed by atoms with E-state index in [1.165, 1.54) is 18.2 Å². The second-order valence-electron chi connectivity index (χ2n) is 7.23. The molecule has 31 heavy (non-hydrogen) atoms. The summed E-state index contributed by atoms with van der Waals surface area (Å²) in [5.74, 6) is -1.39. The van der Waals surface area contributed by atoms with E-state index in [4.69, 9.17) is 0 Å². The van der Waals surface area contributed by atoms with Crippen LogP contribution >= 0.6 is 0 Å². The van der Waals surface area contributed by atoms with Crippen LogP contribution in [0.5, 0.6) is 0 Å². The number of rotatable bonds is 5. The van der Waals surface area contributed by atoms with Crippen molar-refractivity contribution < 1.29 is 18.0 Å². The van der Waals surface area contributed by atoms with E-state index in [0.29, 0.717) is 6.54 Å². The van der Waals surface area contributed by atoms with Gasteiger partial charge in [0.15, 0.2) is 0 Å². The third-order valence-corrected chi connectivity index (χ3v) is 4.80. The molecule has 4 rings (SSSR count). The number of imidazole rings is 1. The second kappa shape index (κ2) is 8.22. The predicted molar refractivity (Wildman–Crippen MR) is 110 cm³/mol. The number of aromatic nitrogens is 3. The van der Waals surface area contributed by atoms with Crippen molar-refractivity contribution in [2.45, 2.75) is 26.2 Å². The summed E-state index contributed by atoms with van der Waals surface area (Å²) in [5.41, 5.74) is 3.08. The third-order valence-electron chi connectivity index (χ3n) is 4.80. The highest BCUT2D eigenvalue weighted by Crippen LogP contribution is 2.29. The fourth-order valence-electron chi connectivity index (χ4n) is 3.35. The fourth-order valence-corrected chi connectivity index (χ4v) is 3.35. The van der Waals surface area contributed by atoms with Gasteiger partial charge in [0.25, 0.3) is 5.91 Å². The topological polar surface area (TPSA) is 61.9 Å². The van der Waals surface area contributed by atoms with Gasteiger partial charge in [-0.05, 0) is 42.8 Å². The molecule has 4 aromatic rings. The average Bonchev–Trinajstić information content (AvgIpc) is 3.18.